The van der Waals surface area contributed by atoms with Gasteiger partial charge < -0.3 is 0 Å². The van der Waals surface area contributed by atoms with Gasteiger partial charge in [-0.3, -0.25) is 0 Å². The fourth-order valence-electron chi connectivity index (χ4n) is 5.01. The van der Waals surface area contributed by atoms with Crippen LogP contribution in [0.4, 0.5) is 0 Å². The Kier molecular flexibility index (Phi) is 21.3. The van der Waals surface area contributed by atoms with Crippen molar-refractivity contribution in [2.45, 2.75) is 168 Å². The van der Waals surface area contributed by atoms with Crippen LogP contribution in [0.1, 0.15) is 168 Å². The average molecular weight is 445 g/mol. The highest BCUT2D eigenvalue weighted by Crippen LogP contribution is 2.20. The molecule has 1 heteroatoms. The van der Waals surface area contributed by atoms with E-state index in [4.69, 9.17) is 0 Å². The summed E-state index contributed by atoms with van der Waals surface area (Å²) in [5.41, 5.74) is 0. The van der Waals surface area contributed by atoms with E-state index >= 15 is 0 Å². The van der Waals surface area contributed by atoms with Crippen molar-refractivity contribution in [3.63, 3.8) is 0 Å². The first-order valence-corrected chi connectivity index (χ1v) is 14.8. The highest BCUT2D eigenvalue weighted by atomic mass is 15.0. The maximum atomic E-state index is 2.48. The van der Waals surface area contributed by atoms with Gasteiger partial charge >= 0.3 is 0 Å². The van der Waals surface area contributed by atoms with E-state index in [-0.39, 0.29) is 0 Å². The number of pyridine rings is 1. The molecule has 0 bridgehead atoms. The molecule has 32 heavy (non-hydrogen) atoms. The van der Waals surface area contributed by atoms with Gasteiger partial charge in [0.05, 0.1) is 0 Å². The zero-order chi connectivity index (χ0) is 23.0. The summed E-state index contributed by atoms with van der Waals surface area (Å²) in [4.78, 5) is 0. The highest BCUT2D eigenvalue weighted by Gasteiger charge is 2.16. The Labute approximate surface area is 202 Å². The summed E-state index contributed by atoms with van der Waals surface area (Å²) in [6.45, 7) is 4.61. The predicted molar refractivity (Wildman–Crippen MR) is 143 cm³/mol. The summed E-state index contributed by atoms with van der Waals surface area (Å²) >= 11 is 0. The lowest BCUT2D eigenvalue weighted by Crippen LogP contribution is -2.38. The Morgan fingerprint density at radius 3 is 1.06 bits per heavy atom. The number of hydrogen-bond acceptors (Lipinski definition) is 0. The molecule has 0 saturated heterocycles. The molecule has 0 aliphatic heterocycles. The Balaban J connectivity index is 2.00. The molecular formula is C31H58N+. The van der Waals surface area contributed by atoms with Crippen molar-refractivity contribution in [3.8, 4) is 0 Å². The molecule has 0 saturated carbocycles. The summed E-state index contributed by atoms with van der Waals surface area (Å²) < 4.78 is 2.48. The Morgan fingerprint density at radius 2 is 0.719 bits per heavy atom. The summed E-state index contributed by atoms with van der Waals surface area (Å²) in [6, 6.07) is 7.25. The first-order valence-electron chi connectivity index (χ1n) is 14.8. The quantitative estimate of drug-likeness (QED) is 0.110. The molecule has 0 spiro atoms. The fourth-order valence-corrected chi connectivity index (χ4v) is 5.01. The van der Waals surface area contributed by atoms with Crippen molar-refractivity contribution < 1.29 is 4.57 Å². The molecule has 1 atom stereocenters. The largest absolute Gasteiger partial charge is 0.202 e. The van der Waals surface area contributed by atoms with Gasteiger partial charge in [0.25, 0.3) is 0 Å². The van der Waals surface area contributed by atoms with Gasteiger partial charge in [0.2, 0.25) is 0 Å². The third-order valence-electron chi connectivity index (χ3n) is 7.19. The van der Waals surface area contributed by atoms with Gasteiger partial charge in [0, 0.05) is 25.0 Å². The Bertz CT molecular complexity index is 469. The van der Waals surface area contributed by atoms with E-state index in [1.165, 1.54) is 148 Å². The van der Waals surface area contributed by atoms with Crippen molar-refractivity contribution in [2.75, 3.05) is 0 Å². The molecule has 0 radical (unpaired) electrons. The van der Waals surface area contributed by atoms with Crippen LogP contribution < -0.4 is 4.57 Å². The van der Waals surface area contributed by atoms with Gasteiger partial charge in [-0.25, -0.2) is 4.57 Å². The smallest absolute Gasteiger partial charge is 0.169 e. The van der Waals surface area contributed by atoms with E-state index < -0.39 is 0 Å². The molecule has 1 unspecified atom stereocenters. The van der Waals surface area contributed by atoms with Gasteiger partial charge in [0.15, 0.2) is 18.4 Å². The van der Waals surface area contributed by atoms with E-state index in [1.807, 2.05) is 0 Å². The van der Waals surface area contributed by atoms with Crippen molar-refractivity contribution in [3.05, 3.63) is 30.6 Å². The van der Waals surface area contributed by atoms with Gasteiger partial charge in [-0.1, -0.05) is 142 Å². The number of nitrogens with zero attached hydrogens (tertiary/aromatic N) is 1. The predicted octanol–water partition coefficient (Wildman–Crippen LogP) is 10.5. The Hall–Kier alpha value is -0.850. The van der Waals surface area contributed by atoms with Crippen LogP contribution in [0, 0.1) is 0 Å². The highest BCUT2D eigenvalue weighted by molar-refractivity contribution is 4.84. The number of aromatic nitrogens is 1. The van der Waals surface area contributed by atoms with Crippen LogP contribution >= 0.6 is 0 Å². The van der Waals surface area contributed by atoms with Crippen LogP contribution in [-0.2, 0) is 0 Å². The molecule has 186 valence electrons. The minimum atomic E-state index is 0.712. The molecule has 0 N–H and O–H groups in total. The monoisotopic (exact) mass is 444 g/mol. The molecule has 0 aliphatic rings. The topological polar surface area (TPSA) is 3.88 Å². The van der Waals surface area contributed by atoms with Crippen LogP contribution in [0.5, 0.6) is 0 Å². The van der Waals surface area contributed by atoms with Crippen LogP contribution in [-0.4, -0.2) is 0 Å². The van der Waals surface area contributed by atoms with Crippen LogP contribution in [0.15, 0.2) is 30.6 Å². The van der Waals surface area contributed by atoms with Crippen LogP contribution in [0.3, 0.4) is 0 Å². The summed E-state index contributed by atoms with van der Waals surface area (Å²) in [5.74, 6) is 0. The molecule has 1 aromatic rings. The molecular weight excluding hydrogens is 386 g/mol. The second kappa shape index (κ2) is 23.3. The summed E-state index contributed by atoms with van der Waals surface area (Å²) in [5, 5.41) is 0. The normalized spacial score (nSPS) is 12.3. The van der Waals surface area contributed by atoms with E-state index in [9.17, 15) is 0 Å². The lowest BCUT2D eigenvalue weighted by molar-refractivity contribution is -0.724. The van der Waals surface area contributed by atoms with Crippen molar-refractivity contribution in [2.24, 2.45) is 0 Å². The van der Waals surface area contributed by atoms with Crippen molar-refractivity contribution in [1.82, 2.24) is 0 Å². The van der Waals surface area contributed by atoms with Crippen LogP contribution in [0.2, 0.25) is 0 Å². The SMILES string of the molecule is CCCCCCCCCCCCCCCCCC(CCCCCCCC)[n+]1ccccc1. The fraction of sp³-hybridized carbons (Fsp3) is 0.839. The van der Waals surface area contributed by atoms with E-state index in [1.54, 1.807) is 0 Å². The van der Waals surface area contributed by atoms with E-state index in [0.717, 1.165) is 0 Å². The Morgan fingerprint density at radius 1 is 0.406 bits per heavy atom. The summed E-state index contributed by atoms with van der Waals surface area (Å²) in [6.07, 6.45) is 37.5. The zero-order valence-corrected chi connectivity index (χ0v) is 22.2. The molecule has 1 heterocycles. The van der Waals surface area contributed by atoms with Gasteiger partial charge in [-0.05, 0) is 12.8 Å². The molecule has 0 amide bonds. The second-order valence-corrected chi connectivity index (χ2v) is 10.3. The molecule has 1 rings (SSSR count). The van der Waals surface area contributed by atoms with Gasteiger partial charge in [-0.15, -0.1) is 0 Å². The third-order valence-corrected chi connectivity index (χ3v) is 7.19. The molecule has 0 aliphatic carbocycles. The minimum Gasteiger partial charge on any atom is -0.202 e. The standard InChI is InChI=1S/C31H58N/c1-3-5-7-9-11-12-13-14-15-16-17-18-19-21-24-28-31(32-29-25-22-26-30-32)27-23-20-10-8-6-4-2/h22,25-26,29-31H,3-21,23-24,27-28H2,1-2H3/q+1. The van der Waals surface area contributed by atoms with Crippen molar-refractivity contribution >= 4 is 0 Å². The van der Waals surface area contributed by atoms with E-state index in [2.05, 4.69) is 49.0 Å². The van der Waals surface area contributed by atoms with E-state index in [0.29, 0.717) is 6.04 Å². The molecule has 0 aromatic carbocycles. The molecule has 1 aromatic heterocycles. The summed E-state index contributed by atoms with van der Waals surface area (Å²) in [7, 11) is 0. The maximum absolute atomic E-state index is 2.48. The zero-order valence-electron chi connectivity index (χ0n) is 22.2. The van der Waals surface area contributed by atoms with Gasteiger partial charge in [-0.2, -0.15) is 0 Å². The maximum Gasteiger partial charge on any atom is 0.169 e. The lowest BCUT2D eigenvalue weighted by atomic mass is 9.99. The first-order chi connectivity index (χ1) is 15.9. The number of hydrogen-bond donors (Lipinski definition) is 0. The van der Waals surface area contributed by atoms with Gasteiger partial charge in [0.1, 0.15) is 0 Å². The minimum absolute atomic E-state index is 0.712. The average Bonchev–Trinajstić information content (AvgIpc) is 2.83. The second-order valence-electron chi connectivity index (χ2n) is 10.3. The molecule has 0 fully saturated rings. The van der Waals surface area contributed by atoms with Crippen LogP contribution in [0.25, 0.3) is 0 Å². The third kappa shape index (κ3) is 17.7. The lowest BCUT2D eigenvalue weighted by Gasteiger charge is -2.12. The number of unbranched alkanes of at least 4 members (excludes halogenated alkanes) is 19. The van der Waals surface area contributed by atoms with Crippen molar-refractivity contribution in [1.29, 1.82) is 0 Å². The number of rotatable bonds is 24. The first kappa shape index (κ1) is 29.2. The molecule has 1 nitrogen and oxygen atoms in total.